The molecular weight excluding hydrogens is 321 g/mol. The van der Waals surface area contributed by atoms with Crippen LogP contribution in [0.5, 0.6) is 0 Å². The first-order valence-electron chi connectivity index (χ1n) is 6.32. The van der Waals surface area contributed by atoms with E-state index in [1.54, 1.807) is 48.5 Å². The first-order valence-corrected chi connectivity index (χ1v) is 7.07. The summed E-state index contributed by atoms with van der Waals surface area (Å²) in [5.41, 5.74) is 4.20. The van der Waals surface area contributed by atoms with Crippen molar-refractivity contribution in [2.45, 2.75) is 6.92 Å². The molecule has 6 heteroatoms. The molecule has 0 heterocycles. The van der Waals surface area contributed by atoms with E-state index in [2.05, 4.69) is 10.5 Å². The second-order valence-electron chi connectivity index (χ2n) is 4.43. The SMILES string of the molecule is Cc1c(Cl)cccc1N/N=C(/C#N)C(=O)c1ccc(Cl)cc1. The lowest BCUT2D eigenvalue weighted by Crippen LogP contribution is -2.14. The van der Waals surface area contributed by atoms with Crippen LogP contribution >= 0.6 is 23.2 Å². The van der Waals surface area contributed by atoms with E-state index in [0.717, 1.165) is 5.56 Å². The van der Waals surface area contributed by atoms with Gasteiger partial charge in [0.15, 0.2) is 0 Å². The zero-order valence-electron chi connectivity index (χ0n) is 11.6. The Labute approximate surface area is 138 Å². The van der Waals surface area contributed by atoms with Gasteiger partial charge in [-0.25, -0.2) is 0 Å². The van der Waals surface area contributed by atoms with Crippen molar-refractivity contribution in [3.8, 4) is 6.07 Å². The van der Waals surface area contributed by atoms with Crippen LogP contribution in [0, 0.1) is 18.3 Å². The molecule has 0 radical (unpaired) electrons. The van der Waals surface area contributed by atoms with Gasteiger partial charge in [0.25, 0.3) is 0 Å². The van der Waals surface area contributed by atoms with Crippen molar-refractivity contribution in [3.63, 3.8) is 0 Å². The van der Waals surface area contributed by atoms with E-state index < -0.39 is 5.78 Å². The van der Waals surface area contributed by atoms with Gasteiger partial charge in [-0.3, -0.25) is 10.2 Å². The minimum absolute atomic E-state index is 0.248. The molecule has 22 heavy (non-hydrogen) atoms. The zero-order chi connectivity index (χ0) is 16.1. The van der Waals surface area contributed by atoms with Gasteiger partial charge in [0.05, 0.1) is 5.69 Å². The summed E-state index contributed by atoms with van der Waals surface area (Å²) in [5.74, 6) is -0.480. The smallest absolute Gasteiger partial charge is 0.223 e. The number of halogens is 2. The van der Waals surface area contributed by atoms with Crippen molar-refractivity contribution in [2.75, 3.05) is 5.43 Å². The van der Waals surface area contributed by atoms with Crippen molar-refractivity contribution >= 4 is 40.4 Å². The van der Waals surface area contributed by atoms with E-state index in [1.165, 1.54) is 0 Å². The average molecular weight is 332 g/mol. The second kappa shape index (κ2) is 7.08. The maximum Gasteiger partial charge on any atom is 0.223 e. The molecule has 0 atom stereocenters. The third-order valence-electron chi connectivity index (χ3n) is 2.98. The molecule has 0 bridgehead atoms. The number of benzene rings is 2. The van der Waals surface area contributed by atoms with Crippen molar-refractivity contribution < 1.29 is 4.79 Å². The van der Waals surface area contributed by atoms with Crippen LogP contribution in [0.2, 0.25) is 10.0 Å². The highest BCUT2D eigenvalue weighted by atomic mass is 35.5. The van der Waals surface area contributed by atoms with Crippen LogP contribution < -0.4 is 5.43 Å². The van der Waals surface area contributed by atoms with Crippen LogP contribution in [-0.4, -0.2) is 11.5 Å². The Morgan fingerprint density at radius 2 is 1.86 bits per heavy atom. The standard InChI is InChI=1S/C16H11Cl2N3O/c1-10-13(18)3-2-4-14(10)20-21-15(9-19)16(22)11-5-7-12(17)8-6-11/h2-8,20H,1H3/b21-15-. The Balaban J connectivity index is 2.24. The molecule has 0 unspecified atom stereocenters. The lowest BCUT2D eigenvalue weighted by Gasteiger charge is -2.06. The van der Waals surface area contributed by atoms with E-state index in [0.29, 0.717) is 21.3 Å². The highest BCUT2D eigenvalue weighted by Crippen LogP contribution is 2.22. The molecule has 0 aliphatic heterocycles. The van der Waals surface area contributed by atoms with Crippen molar-refractivity contribution in [3.05, 3.63) is 63.6 Å². The molecule has 1 N–H and O–H groups in total. The number of anilines is 1. The fourth-order valence-electron chi connectivity index (χ4n) is 1.71. The van der Waals surface area contributed by atoms with Crippen molar-refractivity contribution in [1.82, 2.24) is 0 Å². The molecule has 2 aromatic carbocycles. The number of carbonyl (C=O) groups is 1. The van der Waals surface area contributed by atoms with Crippen LogP contribution in [0.15, 0.2) is 47.6 Å². The van der Waals surface area contributed by atoms with Gasteiger partial charge >= 0.3 is 0 Å². The van der Waals surface area contributed by atoms with Crippen LogP contribution in [0.4, 0.5) is 5.69 Å². The third kappa shape index (κ3) is 3.64. The molecule has 110 valence electrons. The van der Waals surface area contributed by atoms with Gasteiger partial charge < -0.3 is 0 Å². The Kier molecular flexibility index (Phi) is 5.16. The number of nitrogens with one attached hydrogen (secondary N) is 1. The lowest BCUT2D eigenvalue weighted by molar-refractivity contribution is 0.106. The maximum atomic E-state index is 12.2. The van der Waals surface area contributed by atoms with Gasteiger partial charge in [-0.05, 0) is 48.9 Å². The number of nitriles is 1. The molecular formula is C16H11Cl2N3O. The summed E-state index contributed by atoms with van der Waals surface area (Å²) >= 11 is 11.8. The first-order chi connectivity index (χ1) is 10.5. The number of hydrogen-bond donors (Lipinski definition) is 1. The van der Waals surface area contributed by atoms with Crippen LogP contribution in [-0.2, 0) is 0 Å². The monoisotopic (exact) mass is 331 g/mol. The van der Waals surface area contributed by atoms with Gasteiger partial charge in [0.2, 0.25) is 11.5 Å². The summed E-state index contributed by atoms with van der Waals surface area (Å²) in [6.07, 6.45) is 0. The molecule has 0 aliphatic rings. The first kappa shape index (κ1) is 16.0. The third-order valence-corrected chi connectivity index (χ3v) is 3.64. The Morgan fingerprint density at radius 1 is 1.18 bits per heavy atom. The molecule has 4 nitrogen and oxygen atoms in total. The molecule has 2 rings (SSSR count). The summed E-state index contributed by atoms with van der Waals surface area (Å²) in [6.45, 7) is 1.81. The normalized spacial score (nSPS) is 10.9. The van der Waals surface area contributed by atoms with E-state index in [4.69, 9.17) is 28.5 Å². The van der Waals surface area contributed by atoms with Crippen molar-refractivity contribution in [1.29, 1.82) is 5.26 Å². The molecule has 0 fully saturated rings. The molecule has 0 amide bonds. The predicted molar refractivity (Wildman–Crippen MR) is 88.6 cm³/mol. The van der Waals surface area contributed by atoms with Crippen molar-refractivity contribution in [2.24, 2.45) is 5.10 Å². The zero-order valence-corrected chi connectivity index (χ0v) is 13.1. The maximum absolute atomic E-state index is 12.2. The summed E-state index contributed by atoms with van der Waals surface area (Å²) in [6, 6.07) is 13.3. The van der Waals surface area contributed by atoms with Crippen LogP contribution in [0.3, 0.4) is 0 Å². The Hall–Kier alpha value is -2.35. The number of rotatable bonds is 4. The average Bonchev–Trinajstić information content (AvgIpc) is 2.52. The fraction of sp³-hybridized carbons (Fsp3) is 0.0625. The Bertz CT molecular complexity index is 777. The minimum atomic E-state index is -0.480. The quantitative estimate of drug-likeness (QED) is 0.510. The van der Waals surface area contributed by atoms with Gasteiger partial charge in [0.1, 0.15) is 6.07 Å². The van der Waals surface area contributed by atoms with Crippen LogP contribution in [0.1, 0.15) is 15.9 Å². The number of nitrogens with zero attached hydrogens (tertiary/aromatic N) is 2. The summed E-state index contributed by atoms with van der Waals surface area (Å²) < 4.78 is 0. The highest BCUT2D eigenvalue weighted by Gasteiger charge is 2.14. The van der Waals surface area contributed by atoms with Crippen LogP contribution in [0.25, 0.3) is 0 Å². The van der Waals surface area contributed by atoms with Gasteiger partial charge in [-0.1, -0.05) is 29.3 Å². The summed E-state index contributed by atoms with van der Waals surface area (Å²) in [5, 5.41) is 14.1. The van der Waals surface area contributed by atoms with E-state index in [1.807, 2.05) is 6.92 Å². The number of hydrogen-bond acceptors (Lipinski definition) is 4. The van der Waals surface area contributed by atoms with E-state index in [-0.39, 0.29) is 5.71 Å². The molecule has 0 spiro atoms. The number of hydrazone groups is 1. The number of carbonyl (C=O) groups excluding carboxylic acids is 1. The molecule has 2 aromatic rings. The summed E-state index contributed by atoms with van der Waals surface area (Å²) in [7, 11) is 0. The Morgan fingerprint density at radius 3 is 2.50 bits per heavy atom. The summed E-state index contributed by atoms with van der Waals surface area (Å²) in [4.78, 5) is 12.2. The molecule has 0 saturated heterocycles. The predicted octanol–water partition coefficient (Wildman–Crippen LogP) is 4.48. The largest absolute Gasteiger partial charge is 0.286 e. The molecule has 0 saturated carbocycles. The number of ketones is 1. The second-order valence-corrected chi connectivity index (χ2v) is 5.28. The topological polar surface area (TPSA) is 65.2 Å². The van der Waals surface area contributed by atoms with Gasteiger partial charge in [-0.15, -0.1) is 0 Å². The minimum Gasteiger partial charge on any atom is -0.286 e. The number of Topliss-reactive ketones (excluding diaryl/α,β-unsaturated/α-hetero) is 1. The van der Waals surface area contributed by atoms with Gasteiger partial charge in [0, 0.05) is 15.6 Å². The molecule has 0 aromatic heterocycles. The lowest BCUT2D eigenvalue weighted by atomic mass is 10.1. The van der Waals surface area contributed by atoms with Gasteiger partial charge in [-0.2, -0.15) is 10.4 Å². The fourth-order valence-corrected chi connectivity index (χ4v) is 2.01. The van der Waals surface area contributed by atoms with E-state index >= 15 is 0 Å². The van der Waals surface area contributed by atoms with E-state index in [9.17, 15) is 4.79 Å². The highest BCUT2D eigenvalue weighted by molar-refractivity contribution is 6.51. The molecule has 0 aliphatic carbocycles.